The van der Waals surface area contributed by atoms with E-state index in [1.165, 1.54) is 75.7 Å². The summed E-state index contributed by atoms with van der Waals surface area (Å²) in [5, 5.41) is 0.679. The second kappa shape index (κ2) is 9.89. The topological polar surface area (TPSA) is 0 Å². The fraction of sp³-hybridized carbons (Fsp3) is 1.00. The maximum Gasteiger partial charge on any atom is 0.00168 e. The molecule has 0 aliphatic carbocycles. The Morgan fingerprint density at radius 2 is 1.13 bits per heavy atom. The second-order valence-electron chi connectivity index (χ2n) is 4.67. The molecule has 0 spiro atoms. The molecule has 0 nitrogen and oxygen atoms in total. The van der Waals surface area contributed by atoms with Crippen LogP contribution in [-0.2, 0) is 0 Å². The first-order valence-electron chi connectivity index (χ1n) is 6.65. The fourth-order valence-corrected chi connectivity index (χ4v) is 3.51. The smallest absolute Gasteiger partial charge is 0.00168 e. The van der Waals surface area contributed by atoms with E-state index in [2.05, 4.69) is 24.4 Å². The first-order valence-corrected chi connectivity index (χ1v) is 8.32. The van der Waals surface area contributed by atoms with Crippen molar-refractivity contribution in [1.82, 2.24) is 0 Å². The van der Waals surface area contributed by atoms with E-state index in [1.54, 1.807) is 0 Å². The average molecular weight is 246 g/mol. The minimum Gasteiger partial charge on any atom is -0.176 e. The van der Waals surface area contributed by atoms with Gasteiger partial charge in [0, 0.05) is 5.25 Å². The van der Waals surface area contributed by atoms with Crippen molar-refractivity contribution < 1.29 is 0 Å². The van der Waals surface area contributed by atoms with E-state index in [0.29, 0.717) is 5.25 Å². The molecule has 0 radical (unpaired) electrons. The maximum absolute atomic E-state index is 4.66. The Kier molecular flexibility index (Phi) is 9.08. The summed E-state index contributed by atoms with van der Waals surface area (Å²) >= 11 is 6.82. The third kappa shape index (κ3) is 8.50. The number of thioether (sulfide) groups is 1. The molecule has 0 aromatic heterocycles. The molecule has 1 rings (SSSR count). The van der Waals surface area contributed by atoms with Crippen molar-refractivity contribution in [2.24, 2.45) is 0 Å². The van der Waals surface area contributed by atoms with Crippen LogP contribution in [0.4, 0.5) is 0 Å². The number of rotatable bonds is 0. The van der Waals surface area contributed by atoms with Gasteiger partial charge in [0.25, 0.3) is 0 Å². The SMILES string of the molecule is SC1CCCCCCCCSCCCC1. The summed E-state index contributed by atoms with van der Waals surface area (Å²) in [6.07, 6.45) is 14.1. The van der Waals surface area contributed by atoms with Gasteiger partial charge in [-0.1, -0.05) is 38.5 Å². The Labute approximate surface area is 105 Å². The molecule has 0 bridgehead atoms. The van der Waals surface area contributed by atoms with Gasteiger partial charge in [0.2, 0.25) is 0 Å². The largest absolute Gasteiger partial charge is 0.176 e. The molecule has 90 valence electrons. The predicted octanol–water partition coefficient (Wildman–Crippen LogP) is 4.93. The molecule has 1 heterocycles. The molecule has 1 aliphatic heterocycles. The summed E-state index contributed by atoms with van der Waals surface area (Å²) in [6, 6.07) is 0. The quantitative estimate of drug-likeness (QED) is 0.591. The zero-order valence-corrected chi connectivity index (χ0v) is 11.6. The van der Waals surface area contributed by atoms with Crippen LogP contribution in [0.15, 0.2) is 0 Å². The molecule has 1 saturated heterocycles. The van der Waals surface area contributed by atoms with Gasteiger partial charge in [-0.25, -0.2) is 0 Å². The van der Waals surface area contributed by atoms with E-state index < -0.39 is 0 Å². The first-order chi connectivity index (χ1) is 7.39. The van der Waals surface area contributed by atoms with E-state index in [-0.39, 0.29) is 0 Å². The minimum atomic E-state index is 0.679. The van der Waals surface area contributed by atoms with Crippen molar-refractivity contribution in [3.05, 3.63) is 0 Å². The standard InChI is InChI=1S/C13H26S2/c14-13-9-5-3-1-2-4-7-11-15-12-8-6-10-13/h13-14H,1-12H2. The van der Waals surface area contributed by atoms with E-state index >= 15 is 0 Å². The maximum atomic E-state index is 4.66. The predicted molar refractivity (Wildman–Crippen MR) is 76.3 cm³/mol. The van der Waals surface area contributed by atoms with Crippen molar-refractivity contribution in [2.75, 3.05) is 11.5 Å². The number of hydrogen-bond acceptors (Lipinski definition) is 2. The Bertz CT molecular complexity index is 122. The van der Waals surface area contributed by atoms with Crippen LogP contribution in [0.25, 0.3) is 0 Å². The van der Waals surface area contributed by atoms with Crippen molar-refractivity contribution in [3.63, 3.8) is 0 Å². The van der Waals surface area contributed by atoms with Crippen LogP contribution in [0.5, 0.6) is 0 Å². The summed E-state index contributed by atoms with van der Waals surface area (Å²) in [7, 11) is 0. The molecule has 1 unspecified atom stereocenters. The van der Waals surface area contributed by atoms with Crippen LogP contribution in [0.3, 0.4) is 0 Å². The van der Waals surface area contributed by atoms with Crippen LogP contribution in [-0.4, -0.2) is 16.8 Å². The number of thiol groups is 1. The highest BCUT2D eigenvalue weighted by atomic mass is 32.2. The van der Waals surface area contributed by atoms with E-state index in [1.807, 2.05) is 0 Å². The monoisotopic (exact) mass is 246 g/mol. The summed E-state index contributed by atoms with van der Waals surface area (Å²) in [6.45, 7) is 0. The van der Waals surface area contributed by atoms with Crippen LogP contribution >= 0.6 is 24.4 Å². The average Bonchev–Trinajstić information content (AvgIpc) is 2.24. The van der Waals surface area contributed by atoms with Crippen molar-refractivity contribution in [3.8, 4) is 0 Å². The summed E-state index contributed by atoms with van der Waals surface area (Å²) in [5.41, 5.74) is 0. The van der Waals surface area contributed by atoms with E-state index in [4.69, 9.17) is 0 Å². The third-order valence-corrected chi connectivity index (χ3v) is 4.82. The van der Waals surface area contributed by atoms with Crippen LogP contribution in [0.1, 0.15) is 64.2 Å². The molecule has 0 aromatic rings. The zero-order valence-electron chi connectivity index (χ0n) is 9.92. The fourth-order valence-electron chi connectivity index (χ4n) is 2.12. The van der Waals surface area contributed by atoms with Gasteiger partial charge in [0.1, 0.15) is 0 Å². The van der Waals surface area contributed by atoms with Gasteiger partial charge in [-0.05, 0) is 37.2 Å². The molecule has 0 amide bonds. The first kappa shape index (κ1) is 13.8. The number of hydrogen-bond donors (Lipinski definition) is 1. The molecule has 0 saturated carbocycles. The normalized spacial score (nSPS) is 28.2. The summed E-state index contributed by atoms with van der Waals surface area (Å²) in [5.74, 6) is 2.77. The van der Waals surface area contributed by atoms with Crippen molar-refractivity contribution in [2.45, 2.75) is 69.5 Å². The lowest BCUT2D eigenvalue weighted by atomic mass is 10.1. The van der Waals surface area contributed by atoms with Gasteiger partial charge >= 0.3 is 0 Å². The van der Waals surface area contributed by atoms with E-state index in [0.717, 1.165) is 0 Å². The molecular formula is C13H26S2. The highest BCUT2D eigenvalue weighted by Gasteiger charge is 2.03. The van der Waals surface area contributed by atoms with Gasteiger partial charge in [0.05, 0.1) is 0 Å². The van der Waals surface area contributed by atoms with Crippen LogP contribution in [0.2, 0.25) is 0 Å². The summed E-state index contributed by atoms with van der Waals surface area (Å²) in [4.78, 5) is 0. The molecule has 2 heteroatoms. The van der Waals surface area contributed by atoms with Gasteiger partial charge in [-0.15, -0.1) is 0 Å². The zero-order chi connectivity index (χ0) is 10.8. The Balaban J connectivity index is 2.10. The molecule has 0 N–H and O–H groups in total. The molecular weight excluding hydrogens is 220 g/mol. The molecule has 1 atom stereocenters. The second-order valence-corrected chi connectivity index (χ2v) is 6.63. The lowest BCUT2D eigenvalue weighted by Crippen LogP contribution is -1.99. The lowest BCUT2D eigenvalue weighted by Gasteiger charge is -2.11. The van der Waals surface area contributed by atoms with Gasteiger partial charge < -0.3 is 0 Å². The molecule has 0 aromatic carbocycles. The lowest BCUT2D eigenvalue weighted by molar-refractivity contribution is 0.563. The Morgan fingerprint density at radius 3 is 1.87 bits per heavy atom. The molecule has 1 fully saturated rings. The molecule has 1 aliphatic rings. The third-order valence-electron chi connectivity index (χ3n) is 3.15. The van der Waals surface area contributed by atoms with E-state index in [9.17, 15) is 0 Å². The Hall–Kier alpha value is 0.700. The van der Waals surface area contributed by atoms with Crippen molar-refractivity contribution in [1.29, 1.82) is 0 Å². The van der Waals surface area contributed by atoms with Crippen molar-refractivity contribution >= 4 is 24.4 Å². The molecule has 15 heavy (non-hydrogen) atoms. The van der Waals surface area contributed by atoms with Crippen LogP contribution < -0.4 is 0 Å². The van der Waals surface area contributed by atoms with Gasteiger partial charge in [-0.3, -0.25) is 0 Å². The van der Waals surface area contributed by atoms with Gasteiger partial charge in [0.15, 0.2) is 0 Å². The highest BCUT2D eigenvalue weighted by molar-refractivity contribution is 7.99. The van der Waals surface area contributed by atoms with Gasteiger partial charge in [-0.2, -0.15) is 24.4 Å². The highest BCUT2D eigenvalue weighted by Crippen LogP contribution is 2.19. The van der Waals surface area contributed by atoms with Crippen LogP contribution in [0, 0.1) is 0 Å². The summed E-state index contributed by atoms with van der Waals surface area (Å²) < 4.78 is 0. The minimum absolute atomic E-state index is 0.679. The Morgan fingerprint density at radius 1 is 0.667 bits per heavy atom.